The smallest absolute Gasteiger partial charge is 0.0107 e. The molecule has 0 radical (unpaired) electrons. The lowest BCUT2D eigenvalue weighted by atomic mass is 10.0. The second-order valence-electron chi connectivity index (χ2n) is 5.69. The first-order valence-electron chi connectivity index (χ1n) is 7.94. The van der Waals surface area contributed by atoms with E-state index in [0.717, 1.165) is 19.5 Å². The highest BCUT2D eigenvalue weighted by Gasteiger charge is 2.12. The predicted octanol–water partition coefficient (Wildman–Crippen LogP) is 2.98. The first-order chi connectivity index (χ1) is 10.4. The molecule has 0 unspecified atom stereocenters. The highest BCUT2D eigenvalue weighted by molar-refractivity contribution is 7.09. The van der Waals surface area contributed by atoms with Crippen molar-refractivity contribution < 1.29 is 0 Å². The number of nitrogens with one attached hydrogen (secondary N) is 1. The van der Waals surface area contributed by atoms with Gasteiger partial charge in [-0.1, -0.05) is 30.3 Å². The molecule has 0 bridgehead atoms. The van der Waals surface area contributed by atoms with E-state index in [4.69, 9.17) is 0 Å². The van der Waals surface area contributed by atoms with E-state index in [2.05, 4.69) is 52.0 Å². The topological polar surface area (TPSA) is 15.3 Å². The minimum atomic E-state index is 1.09. The molecule has 1 aromatic carbocycles. The van der Waals surface area contributed by atoms with Crippen LogP contribution in [0.5, 0.6) is 0 Å². The zero-order chi connectivity index (χ0) is 14.3. The van der Waals surface area contributed by atoms with Crippen LogP contribution >= 0.6 is 11.3 Å². The Bertz CT molecular complexity index is 509. The van der Waals surface area contributed by atoms with Crippen molar-refractivity contribution in [3.05, 3.63) is 57.8 Å². The van der Waals surface area contributed by atoms with Gasteiger partial charge in [-0.2, -0.15) is 0 Å². The normalized spacial score (nSPS) is 15.6. The highest BCUT2D eigenvalue weighted by Crippen LogP contribution is 2.15. The summed E-state index contributed by atoms with van der Waals surface area (Å²) >= 11 is 1.85. The maximum atomic E-state index is 3.58. The number of hydrogen-bond donors (Lipinski definition) is 1. The van der Waals surface area contributed by atoms with Crippen LogP contribution in [0.3, 0.4) is 0 Å². The molecule has 112 valence electrons. The molecule has 21 heavy (non-hydrogen) atoms. The van der Waals surface area contributed by atoms with Crippen LogP contribution in [0.2, 0.25) is 0 Å². The summed E-state index contributed by atoms with van der Waals surface area (Å²) in [6.45, 7) is 5.75. The van der Waals surface area contributed by atoms with Crippen molar-refractivity contribution in [3.63, 3.8) is 0 Å². The number of hydrogen-bond acceptors (Lipinski definition) is 3. The Morgan fingerprint density at radius 2 is 1.71 bits per heavy atom. The van der Waals surface area contributed by atoms with Gasteiger partial charge in [-0.3, -0.25) is 0 Å². The van der Waals surface area contributed by atoms with Crippen molar-refractivity contribution in [3.8, 4) is 0 Å². The van der Waals surface area contributed by atoms with Crippen LogP contribution in [0.25, 0.3) is 0 Å². The van der Waals surface area contributed by atoms with Crippen LogP contribution in [0, 0.1) is 0 Å². The second-order valence-corrected chi connectivity index (χ2v) is 6.72. The molecule has 0 amide bonds. The molecule has 1 aromatic heterocycles. The van der Waals surface area contributed by atoms with Crippen molar-refractivity contribution in [1.82, 2.24) is 10.2 Å². The minimum absolute atomic E-state index is 1.09. The third-order valence-electron chi connectivity index (χ3n) is 4.25. The molecule has 1 N–H and O–H groups in total. The van der Waals surface area contributed by atoms with Crippen molar-refractivity contribution >= 4 is 11.3 Å². The Morgan fingerprint density at radius 3 is 2.38 bits per heavy atom. The fraction of sp³-hybridized carbons (Fsp3) is 0.444. The Labute approximate surface area is 131 Å². The summed E-state index contributed by atoms with van der Waals surface area (Å²) in [5.41, 5.74) is 3.09. The van der Waals surface area contributed by atoms with Crippen LogP contribution in [0.15, 0.2) is 41.8 Å². The number of benzene rings is 1. The largest absolute Gasteiger partial charge is 0.315 e. The molecular weight excluding hydrogens is 276 g/mol. The van der Waals surface area contributed by atoms with Gasteiger partial charge in [0.05, 0.1) is 0 Å². The molecule has 1 aliphatic rings. The lowest BCUT2D eigenvalue weighted by Gasteiger charge is -2.19. The van der Waals surface area contributed by atoms with E-state index in [1.165, 1.54) is 37.4 Å². The van der Waals surface area contributed by atoms with E-state index in [9.17, 15) is 0 Å². The van der Waals surface area contributed by atoms with Crippen LogP contribution in [0.1, 0.15) is 16.0 Å². The maximum absolute atomic E-state index is 3.58. The highest BCUT2D eigenvalue weighted by atomic mass is 32.1. The summed E-state index contributed by atoms with van der Waals surface area (Å²) in [6.07, 6.45) is 3.56. The van der Waals surface area contributed by atoms with E-state index < -0.39 is 0 Å². The zero-order valence-electron chi connectivity index (χ0n) is 12.6. The lowest BCUT2D eigenvalue weighted by Crippen LogP contribution is -2.34. The Kier molecular flexibility index (Phi) is 5.44. The summed E-state index contributed by atoms with van der Waals surface area (Å²) in [6, 6.07) is 13.3. The molecule has 0 saturated carbocycles. The van der Waals surface area contributed by atoms with Gasteiger partial charge >= 0.3 is 0 Å². The Hall–Kier alpha value is -1.16. The van der Waals surface area contributed by atoms with Gasteiger partial charge in [-0.25, -0.2) is 0 Å². The molecular formula is C18H24N2S. The average molecular weight is 300 g/mol. The second kappa shape index (κ2) is 7.74. The molecule has 0 spiro atoms. The zero-order valence-corrected chi connectivity index (χ0v) is 13.4. The molecule has 3 rings (SSSR count). The van der Waals surface area contributed by atoms with Crippen LogP contribution < -0.4 is 5.32 Å². The molecule has 2 aromatic rings. The van der Waals surface area contributed by atoms with Crippen LogP contribution in [-0.4, -0.2) is 37.6 Å². The number of thiophene rings is 1. The SMILES string of the molecule is c1csc(CCNCCN2CCc3ccccc3CC2)c1. The van der Waals surface area contributed by atoms with Gasteiger partial charge in [0.2, 0.25) is 0 Å². The van der Waals surface area contributed by atoms with E-state index >= 15 is 0 Å². The van der Waals surface area contributed by atoms with E-state index in [1.54, 1.807) is 11.1 Å². The van der Waals surface area contributed by atoms with Crippen molar-refractivity contribution in [1.29, 1.82) is 0 Å². The maximum Gasteiger partial charge on any atom is 0.0107 e. The molecule has 0 aliphatic carbocycles. The Balaban J connectivity index is 1.35. The van der Waals surface area contributed by atoms with Gasteiger partial charge in [-0.15, -0.1) is 11.3 Å². The molecule has 0 atom stereocenters. The number of rotatable bonds is 6. The van der Waals surface area contributed by atoms with Gasteiger partial charge in [0.15, 0.2) is 0 Å². The van der Waals surface area contributed by atoms with Crippen molar-refractivity contribution in [2.45, 2.75) is 19.3 Å². The predicted molar refractivity (Wildman–Crippen MR) is 91.2 cm³/mol. The number of fused-ring (bicyclic) bond motifs is 1. The summed E-state index contributed by atoms with van der Waals surface area (Å²) in [7, 11) is 0. The lowest BCUT2D eigenvalue weighted by molar-refractivity contribution is 0.287. The van der Waals surface area contributed by atoms with Crippen LogP contribution in [0.4, 0.5) is 0 Å². The Morgan fingerprint density at radius 1 is 0.952 bits per heavy atom. The summed E-state index contributed by atoms with van der Waals surface area (Å²) in [5.74, 6) is 0. The first-order valence-corrected chi connectivity index (χ1v) is 8.82. The van der Waals surface area contributed by atoms with Crippen molar-refractivity contribution in [2.75, 3.05) is 32.7 Å². The van der Waals surface area contributed by atoms with E-state index in [1.807, 2.05) is 11.3 Å². The van der Waals surface area contributed by atoms with Gasteiger partial charge in [-0.05, 0) is 41.8 Å². The quantitative estimate of drug-likeness (QED) is 0.825. The molecule has 2 nitrogen and oxygen atoms in total. The summed E-state index contributed by atoms with van der Waals surface area (Å²) < 4.78 is 0. The van der Waals surface area contributed by atoms with Crippen LogP contribution in [-0.2, 0) is 19.3 Å². The summed E-state index contributed by atoms with van der Waals surface area (Å²) in [4.78, 5) is 4.07. The third-order valence-corrected chi connectivity index (χ3v) is 5.18. The van der Waals surface area contributed by atoms with Gasteiger partial charge in [0.25, 0.3) is 0 Å². The first kappa shape index (κ1) is 14.8. The van der Waals surface area contributed by atoms with Gasteiger partial charge < -0.3 is 10.2 Å². The van der Waals surface area contributed by atoms with Gasteiger partial charge in [0.1, 0.15) is 0 Å². The molecule has 3 heteroatoms. The van der Waals surface area contributed by atoms with E-state index in [-0.39, 0.29) is 0 Å². The fourth-order valence-electron chi connectivity index (χ4n) is 2.97. The molecule has 1 aliphatic heterocycles. The van der Waals surface area contributed by atoms with E-state index in [0.29, 0.717) is 0 Å². The standard InChI is InChI=1S/C18H24N2S/c1-2-5-17-9-13-20(12-8-16(17)4-1)14-11-19-10-7-18-6-3-15-21-18/h1-6,15,19H,7-14H2. The molecule has 0 saturated heterocycles. The monoisotopic (exact) mass is 300 g/mol. The summed E-state index contributed by atoms with van der Waals surface area (Å²) in [5, 5.41) is 5.73. The third kappa shape index (κ3) is 4.40. The molecule has 2 heterocycles. The average Bonchev–Trinajstić information content (AvgIpc) is 2.94. The number of nitrogens with zero attached hydrogens (tertiary/aromatic N) is 1. The fourth-order valence-corrected chi connectivity index (χ4v) is 3.68. The minimum Gasteiger partial charge on any atom is -0.315 e. The van der Waals surface area contributed by atoms with Gasteiger partial charge in [0, 0.05) is 37.6 Å². The molecule has 0 fully saturated rings. The van der Waals surface area contributed by atoms with Crippen molar-refractivity contribution in [2.24, 2.45) is 0 Å².